The third-order valence-electron chi connectivity index (χ3n) is 4.50. The van der Waals surface area contributed by atoms with Crippen LogP contribution < -0.4 is 0 Å². The molecule has 2 heterocycles. The number of rotatable bonds is 7. The van der Waals surface area contributed by atoms with E-state index in [4.69, 9.17) is 4.74 Å². The summed E-state index contributed by atoms with van der Waals surface area (Å²) in [4.78, 5) is 19.2. The van der Waals surface area contributed by atoms with Gasteiger partial charge in [-0.1, -0.05) is 30.3 Å². The molecule has 24 heavy (non-hydrogen) atoms. The zero-order valence-electron chi connectivity index (χ0n) is 14.1. The lowest BCUT2D eigenvalue weighted by atomic mass is 10.0. The Morgan fingerprint density at radius 3 is 2.92 bits per heavy atom. The number of aromatic nitrogens is 1. The van der Waals surface area contributed by atoms with E-state index in [1.54, 1.807) is 17.5 Å². The molecule has 0 bridgehead atoms. The van der Waals surface area contributed by atoms with Crippen LogP contribution in [0, 0.1) is 0 Å². The van der Waals surface area contributed by atoms with Crippen LogP contribution >= 0.6 is 11.3 Å². The van der Waals surface area contributed by atoms with Crippen molar-refractivity contribution < 1.29 is 9.53 Å². The summed E-state index contributed by atoms with van der Waals surface area (Å²) >= 11 is 1.60. The molecular formula is C19H24N2O2S. The van der Waals surface area contributed by atoms with E-state index >= 15 is 0 Å². The average molecular weight is 344 g/mol. The lowest BCUT2D eigenvalue weighted by Gasteiger charge is -2.30. The van der Waals surface area contributed by atoms with Crippen molar-refractivity contribution in [3.8, 4) is 0 Å². The van der Waals surface area contributed by atoms with E-state index in [1.165, 1.54) is 5.56 Å². The van der Waals surface area contributed by atoms with Crippen LogP contribution in [0.3, 0.4) is 0 Å². The van der Waals surface area contributed by atoms with Crippen molar-refractivity contribution in [3.63, 3.8) is 0 Å². The summed E-state index contributed by atoms with van der Waals surface area (Å²) in [6, 6.07) is 10.6. The first-order valence-corrected chi connectivity index (χ1v) is 9.46. The third kappa shape index (κ3) is 4.42. The van der Waals surface area contributed by atoms with E-state index in [0.717, 1.165) is 30.7 Å². The summed E-state index contributed by atoms with van der Waals surface area (Å²) in [6.45, 7) is 3.40. The number of hydrogen-bond acceptors (Lipinski definition) is 4. The second-order valence-electron chi connectivity index (χ2n) is 6.27. The Bertz CT molecular complexity index is 624. The molecule has 1 aromatic carbocycles. The molecule has 0 aliphatic carbocycles. The largest absolute Gasteiger partial charge is 0.368 e. The van der Waals surface area contributed by atoms with Gasteiger partial charge in [0.25, 0.3) is 5.91 Å². The molecule has 1 saturated heterocycles. The van der Waals surface area contributed by atoms with Gasteiger partial charge >= 0.3 is 0 Å². The number of hydrogen-bond donors (Lipinski definition) is 0. The maximum Gasteiger partial charge on any atom is 0.252 e. The van der Waals surface area contributed by atoms with Crippen LogP contribution in [0.15, 0.2) is 41.9 Å². The van der Waals surface area contributed by atoms with Crippen molar-refractivity contribution in [3.05, 3.63) is 52.5 Å². The van der Waals surface area contributed by atoms with Crippen molar-refractivity contribution >= 4 is 17.2 Å². The standard InChI is InChI=1S/C19H24N2O2S/c1-15(9-10-16-6-3-2-4-7-16)21(14-18-20-11-13-24-18)19(22)17-8-5-12-23-17/h2-4,6-7,11,13,15,17H,5,8-10,12,14H2,1H3/t15-,17-/m1/s1. The fourth-order valence-corrected chi connectivity index (χ4v) is 3.68. The minimum atomic E-state index is -0.274. The Morgan fingerprint density at radius 1 is 1.42 bits per heavy atom. The summed E-state index contributed by atoms with van der Waals surface area (Å²) in [5.41, 5.74) is 1.31. The highest BCUT2D eigenvalue weighted by atomic mass is 32.1. The maximum absolute atomic E-state index is 12.9. The van der Waals surface area contributed by atoms with Crippen molar-refractivity contribution in [1.29, 1.82) is 0 Å². The molecular weight excluding hydrogens is 320 g/mol. The van der Waals surface area contributed by atoms with E-state index in [0.29, 0.717) is 13.2 Å². The van der Waals surface area contributed by atoms with Crippen LogP contribution in [0.1, 0.15) is 36.8 Å². The van der Waals surface area contributed by atoms with Gasteiger partial charge in [0.05, 0.1) is 6.54 Å². The molecule has 128 valence electrons. The Balaban J connectivity index is 1.66. The fourth-order valence-electron chi connectivity index (χ4n) is 3.06. The molecule has 2 aromatic rings. The molecule has 3 rings (SSSR count). The van der Waals surface area contributed by atoms with E-state index < -0.39 is 0 Å². The first kappa shape index (κ1) is 17.1. The zero-order chi connectivity index (χ0) is 16.8. The van der Waals surface area contributed by atoms with Crippen molar-refractivity contribution in [1.82, 2.24) is 9.88 Å². The molecule has 1 aliphatic rings. The van der Waals surface area contributed by atoms with E-state index in [9.17, 15) is 4.79 Å². The van der Waals surface area contributed by atoms with Crippen LogP contribution in [-0.2, 0) is 22.5 Å². The molecule has 1 fully saturated rings. The lowest BCUT2D eigenvalue weighted by Crippen LogP contribution is -2.44. The Labute approximate surface area is 147 Å². The highest BCUT2D eigenvalue weighted by molar-refractivity contribution is 7.09. The minimum Gasteiger partial charge on any atom is -0.368 e. The second kappa shape index (κ2) is 8.40. The van der Waals surface area contributed by atoms with Gasteiger partial charge in [0.1, 0.15) is 11.1 Å². The molecule has 1 amide bonds. The summed E-state index contributed by atoms with van der Waals surface area (Å²) in [6.07, 6.45) is 5.23. The number of thiazole rings is 1. The number of nitrogens with zero attached hydrogens (tertiary/aromatic N) is 2. The van der Waals surface area contributed by atoms with Crippen molar-refractivity contribution in [2.45, 2.75) is 51.3 Å². The molecule has 5 heteroatoms. The molecule has 2 atom stereocenters. The number of amides is 1. The van der Waals surface area contributed by atoms with Crippen molar-refractivity contribution in [2.75, 3.05) is 6.61 Å². The summed E-state index contributed by atoms with van der Waals surface area (Å²) in [7, 11) is 0. The highest BCUT2D eigenvalue weighted by Crippen LogP contribution is 2.21. The maximum atomic E-state index is 12.9. The average Bonchev–Trinajstić information content (AvgIpc) is 3.31. The van der Waals surface area contributed by atoms with Gasteiger partial charge in [-0.2, -0.15) is 0 Å². The monoisotopic (exact) mass is 344 g/mol. The predicted octanol–water partition coefficient (Wildman–Crippen LogP) is 3.67. The number of benzene rings is 1. The minimum absolute atomic E-state index is 0.114. The topological polar surface area (TPSA) is 42.4 Å². The first-order chi connectivity index (χ1) is 11.7. The van der Waals surface area contributed by atoms with Gasteiger partial charge < -0.3 is 9.64 Å². The molecule has 1 aromatic heterocycles. The smallest absolute Gasteiger partial charge is 0.252 e. The fraction of sp³-hybridized carbons (Fsp3) is 0.474. The number of ether oxygens (including phenoxy) is 1. The van der Waals surface area contributed by atoms with Crippen LogP contribution in [-0.4, -0.2) is 34.5 Å². The molecule has 0 spiro atoms. The summed E-state index contributed by atoms with van der Waals surface area (Å²) in [5, 5.41) is 2.94. The lowest BCUT2D eigenvalue weighted by molar-refractivity contribution is -0.143. The zero-order valence-corrected chi connectivity index (χ0v) is 14.9. The molecule has 0 saturated carbocycles. The summed E-state index contributed by atoms with van der Waals surface area (Å²) < 4.78 is 5.62. The summed E-state index contributed by atoms with van der Waals surface area (Å²) in [5.74, 6) is 0.114. The van der Waals surface area contributed by atoms with Gasteiger partial charge in [0.15, 0.2) is 0 Å². The SMILES string of the molecule is C[C@H](CCc1ccccc1)N(Cc1nccs1)C(=O)[C@H]1CCCO1. The molecule has 4 nitrogen and oxygen atoms in total. The van der Waals surface area contributed by atoms with Crippen LogP contribution in [0.2, 0.25) is 0 Å². The first-order valence-electron chi connectivity index (χ1n) is 8.58. The third-order valence-corrected chi connectivity index (χ3v) is 5.27. The number of carbonyl (C=O) groups is 1. The second-order valence-corrected chi connectivity index (χ2v) is 7.25. The van der Waals surface area contributed by atoms with Crippen LogP contribution in [0.25, 0.3) is 0 Å². The Morgan fingerprint density at radius 2 is 2.25 bits per heavy atom. The molecule has 0 radical (unpaired) electrons. The van der Waals surface area contributed by atoms with Gasteiger partial charge in [-0.3, -0.25) is 4.79 Å². The van der Waals surface area contributed by atoms with Gasteiger partial charge in [-0.05, 0) is 38.2 Å². The van der Waals surface area contributed by atoms with E-state index in [2.05, 4.69) is 36.2 Å². The number of aryl methyl sites for hydroxylation is 1. The van der Waals surface area contributed by atoms with Crippen LogP contribution in [0.5, 0.6) is 0 Å². The van der Waals surface area contributed by atoms with Gasteiger partial charge in [0.2, 0.25) is 0 Å². The van der Waals surface area contributed by atoms with Gasteiger partial charge in [0, 0.05) is 24.2 Å². The molecule has 0 N–H and O–H groups in total. The Kier molecular flexibility index (Phi) is 5.99. The molecule has 0 unspecified atom stereocenters. The predicted molar refractivity (Wildman–Crippen MR) is 95.9 cm³/mol. The normalized spacial score (nSPS) is 18.5. The van der Waals surface area contributed by atoms with Gasteiger partial charge in [-0.15, -0.1) is 11.3 Å². The van der Waals surface area contributed by atoms with E-state index in [-0.39, 0.29) is 18.1 Å². The highest BCUT2D eigenvalue weighted by Gasteiger charge is 2.31. The molecule has 1 aliphatic heterocycles. The van der Waals surface area contributed by atoms with Crippen molar-refractivity contribution in [2.24, 2.45) is 0 Å². The van der Waals surface area contributed by atoms with E-state index in [1.807, 2.05) is 16.3 Å². The number of carbonyl (C=O) groups excluding carboxylic acids is 1. The van der Waals surface area contributed by atoms with Gasteiger partial charge in [-0.25, -0.2) is 4.98 Å². The van der Waals surface area contributed by atoms with Crippen LogP contribution in [0.4, 0.5) is 0 Å². The Hall–Kier alpha value is -1.72. The quantitative estimate of drug-likeness (QED) is 0.769.